The van der Waals surface area contributed by atoms with Crippen LogP contribution in [0.4, 0.5) is 0 Å². The van der Waals surface area contributed by atoms with E-state index in [4.69, 9.17) is 0 Å². The molecule has 1 aromatic carbocycles. The van der Waals surface area contributed by atoms with Gasteiger partial charge in [0.1, 0.15) is 6.33 Å². The van der Waals surface area contributed by atoms with Gasteiger partial charge in [0.2, 0.25) is 5.91 Å². The summed E-state index contributed by atoms with van der Waals surface area (Å²) in [6.45, 7) is 2.05. The highest BCUT2D eigenvalue weighted by molar-refractivity contribution is 7.99. The summed E-state index contributed by atoms with van der Waals surface area (Å²) in [6.07, 6.45) is 6.35. The number of benzene rings is 1. The molecule has 6 heteroatoms. The number of rotatable bonds is 5. The van der Waals surface area contributed by atoms with E-state index >= 15 is 0 Å². The van der Waals surface area contributed by atoms with Crippen LogP contribution in [0.1, 0.15) is 31.2 Å². The number of aryl methyl sites for hydroxylation is 1. The SMILES string of the molecule is Cc1ccccc1-n1cnnc1SCC(=O)NC1CCCC1. The van der Waals surface area contributed by atoms with Crippen LogP contribution in [0.3, 0.4) is 0 Å². The van der Waals surface area contributed by atoms with Crippen molar-refractivity contribution in [3.63, 3.8) is 0 Å². The number of carbonyl (C=O) groups is 1. The molecule has 0 saturated heterocycles. The highest BCUT2D eigenvalue weighted by Crippen LogP contribution is 2.22. The van der Waals surface area contributed by atoms with Crippen LogP contribution in [-0.4, -0.2) is 32.5 Å². The number of hydrogen-bond acceptors (Lipinski definition) is 4. The number of thioether (sulfide) groups is 1. The van der Waals surface area contributed by atoms with Crippen molar-refractivity contribution < 1.29 is 4.79 Å². The van der Waals surface area contributed by atoms with E-state index in [-0.39, 0.29) is 5.91 Å². The van der Waals surface area contributed by atoms with E-state index < -0.39 is 0 Å². The zero-order valence-electron chi connectivity index (χ0n) is 12.7. The maximum absolute atomic E-state index is 12.0. The standard InChI is InChI=1S/C16H20N4OS/c1-12-6-2-5-9-14(12)20-11-17-19-16(20)22-10-15(21)18-13-7-3-4-8-13/h2,5-6,9,11,13H,3-4,7-8,10H2,1H3,(H,18,21). The van der Waals surface area contributed by atoms with Crippen LogP contribution < -0.4 is 5.32 Å². The molecule has 1 fully saturated rings. The molecule has 22 heavy (non-hydrogen) atoms. The Bertz CT molecular complexity index is 649. The summed E-state index contributed by atoms with van der Waals surface area (Å²) in [4.78, 5) is 12.0. The van der Waals surface area contributed by atoms with Crippen LogP contribution in [0.25, 0.3) is 5.69 Å². The number of para-hydroxylation sites is 1. The number of hydrogen-bond donors (Lipinski definition) is 1. The van der Waals surface area contributed by atoms with Crippen LogP contribution in [0.15, 0.2) is 35.7 Å². The van der Waals surface area contributed by atoms with Gasteiger partial charge in [0.05, 0.1) is 11.4 Å². The Morgan fingerprint density at radius 1 is 1.36 bits per heavy atom. The Morgan fingerprint density at radius 3 is 2.91 bits per heavy atom. The van der Waals surface area contributed by atoms with Gasteiger partial charge in [0.15, 0.2) is 5.16 Å². The van der Waals surface area contributed by atoms with Crippen molar-refractivity contribution in [2.24, 2.45) is 0 Å². The molecule has 0 unspecified atom stereocenters. The van der Waals surface area contributed by atoms with Gasteiger partial charge in [-0.1, -0.05) is 42.8 Å². The molecule has 0 radical (unpaired) electrons. The normalized spacial score (nSPS) is 15.1. The lowest BCUT2D eigenvalue weighted by molar-refractivity contribution is -0.119. The Balaban J connectivity index is 1.63. The van der Waals surface area contributed by atoms with Gasteiger partial charge in [-0.15, -0.1) is 10.2 Å². The number of nitrogens with zero attached hydrogens (tertiary/aromatic N) is 3. The van der Waals surface area contributed by atoms with Crippen LogP contribution >= 0.6 is 11.8 Å². The molecule has 1 aliphatic rings. The van der Waals surface area contributed by atoms with Gasteiger partial charge in [0.25, 0.3) is 0 Å². The van der Waals surface area contributed by atoms with Crippen LogP contribution in [0.2, 0.25) is 0 Å². The zero-order chi connectivity index (χ0) is 15.4. The molecule has 1 amide bonds. The molecule has 2 aromatic rings. The van der Waals surface area contributed by atoms with E-state index in [1.165, 1.54) is 24.6 Å². The Kier molecular flexibility index (Phi) is 4.77. The third kappa shape index (κ3) is 3.50. The lowest BCUT2D eigenvalue weighted by Gasteiger charge is -2.12. The average Bonchev–Trinajstić information content (AvgIpc) is 3.17. The fraction of sp³-hybridized carbons (Fsp3) is 0.438. The lowest BCUT2D eigenvalue weighted by atomic mass is 10.2. The smallest absolute Gasteiger partial charge is 0.230 e. The molecular formula is C16H20N4OS. The minimum atomic E-state index is 0.0798. The number of carbonyl (C=O) groups excluding carboxylic acids is 1. The summed E-state index contributed by atoms with van der Waals surface area (Å²) in [5.41, 5.74) is 2.20. The van der Waals surface area contributed by atoms with E-state index in [1.807, 2.05) is 22.8 Å². The van der Waals surface area contributed by atoms with Crippen molar-refractivity contribution in [2.75, 3.05) is 5.75 Å². The molecular weight excluding hydrogens is 296 g/mol. The molecule has 1 aliphatic carbocycles. The second kappa shape index (κ2) is 6.96. The van der Waals surface area contributed by atoms with E-state index in [0.717, 1.165) is 29.2 Å². The summed E-state index contributed by atoms with van der Waals surface area (Å²) in [6, 6.07) is 8.44. The third-order valence-electron chi connectivity index (χ3n) is 3.94. The van der Waals surface area contributed by atoms with Gasteiger partial charge in [-0.2, -0.15) is 0 Å². The van der Waals surface area contributed by atoms with Crippen molar-refractivity contribution in [2.45, 2.75) is 43.8 Å². The van der Waals surface area contributed by atoms with Crippen molar-refractivity contribution in [1.82, 2.24) is 20.1 Å². The molecule has 0 atom stereocenters. The second-order valence-electron chi connectivity index (χ2n) is 5.61. The number of aromatic nitrogens is 3. The van der Waals surface area contributed by atoms with Crippen molar-refractivity contribution in [3.8, 4) is 5.69 Å². The van der Waals surface area contributed by atoms with Crippen molar-refractivity contribution in [1.29, 1.82) is 0 Å². The highest BCUT2D eigenvalue weighted by atomic mass is 32.2. The Morgan fingerprint density at radius 2 is 2.14 bits per heavy atom. The molecule has 3 rings (SSSR count). The van der Waals surface area contributed by atoms with Gasteiger partial charge in [-0.05, 0) is 31.4 Å². The monoisotopic (exact) mass is 316 g/mol. The summed E-state index contributed by atoms with van der Waals surface area (Å²) in [7, 11) is 0. The summed E-state index contributed by atoms with van der Waals surface area (Å²) >= 11 is 1.43. The molecule has 1 N–H and O–H groups in total. The quantitative estimate of drug-likeness (QED) is 0.862. The highest BCUT2D eigenvalue weighted by Gasteiger charge is 2.18. The van der Waals surface area contributed by atoms with Gasteiger partial charge in [-0.3, -0.25) is 9.36 Å². The van der Waals surface area contributed by atoms with Crippen LogP contribution in [0, 0.1) is 6.92 Å². The van der Waals surface area contributed by atoms with E-state index in [2.05, 4.69) is 28.5 Å². The van der Waals surface area contributed by atoms with Crippen LogP contribution in [0.5, 0.6) is 0 Å². The summed E-state index contributed by atoms with van der Waals surface area (Å²) < 4.78 is 1.93. The summed E-state index contributed by atoms with van der Waals surface area (Å²) in [5, 5.41) is 12.0. The maximum atomic E-state index is 12.0. The van der Waals surface area contributed by atoms with E-state index in [1.54, 1.807) is 6.33 Å². The molecule has 1 saturated carbocycles. The fourth-order valence-corrected chi connectivity index (χ4v) is 3.52. The topological polar surface area (TPSA) is 59.8 Å². The van der Waals surface area contributed by atoms with Crippen molar-refractivity contribution in [3.05, 3.63) is 36.2 Å². The molecule has 5 nitrogen and oxygen atoms in total. The largest absolute Gasteiger partial charge is 0.353 e. The molecule has 1 heterocycles. The predicted octanol–water partition coefficient (Wildman–Crippen LogP) is 2.73. The molecule has 1 aromatic heterocycles. The molecule has 116 valence electrons. The van der Waals surface area contributed by atoms with E-state index in [9.17, 15) is 4.79 Å². The summed E-state index contributed by atoms with van der Waals surface area (Å²) in [5.74, 6) is 0.456. The Labute approximate surface area is 134 Å². The first-order chi connectivity index (χ1) is 10.7. The first-order valence-electron chi connectivity index (χ1n) is 7.62. The zero-order valence-corrected chi connectivity index (χ0v) is 13.5. The first-order valence-corrected chi connectivity index (χ1v) is 8.61. The average molecular weight is 316 g/mol. The minimum Gasteiger partial charge on any atom is -0.353 e. The van der Waals surface area contributed by atoms with Gasteiger partial charge in [-0.25, -0.2) is 0 Å². The predicted molar refractivity (Wildman–Crippen MR) is 87.2 cm³/mol. The maximum Gasteiger partial charge on any atom is 0.230 e. The molecule has 0 spiro atoms. The van der Waals surface area contributed by atoms with Gasteiger partial charge < -0.3 is 5.32 Å². The van der Waals surface area contributed by atoms with Crippen molar-refractivity contribution >= 4 is 17.7 Å². The minimum absolute atomic E-state index is 0.0798. The lowest BCUT2D eigenvalue weighted by Crippen LogP contribution is -2.33. The molecule has 0 aliphatic heterocycles. The first kappa shape index (κ1) is 15.1. The fourth-order valence-electron chi connectivity index (χ4n) is 2.79. The number of amides is 1. The second-order valence-corrected chi connectivity index (χ2v) is 6.55. The van der Waals surface area contributed by atoms with Gasteiger partial charge >= 0.3 is 0 Å². The van der Waals surface area contributed by atoms with E-state index in [0.29, 0.717) is 11.8 Å². The van der Waals surface area contributed by atoms with Gasteiger partial charge in [0, 0.05) is 6.04 Å². The third-order valence-corrected chi connectivity index (χ3v) is 4.89. The number of nitrogens with one attached hydrogen (secondary N) is 1. The Hall–Kier alpha value is -1.82. The molecule has 0 bridgehead atoms. The van der Waals surface area contributed by atoms with Crippen LogP contribution in [-0.2, 0) is 4.79 Å².